The molecule has 7 heteroatoms. The number of hydrogen-bond acceptors (Lipinski definition) is 4. The van der Waals surface area contributed by atoms with E-state index in [2.05, 4.69) is 21.5 Å². The fourth-order valence-corrected chi connectivity index (χ4v) is 6.21. The molecule has 0 unspecified atom stereocenters. The highest BCUT2D eigenvalue weighted by Gasteiger charge is 2.36. The number of aryl methyl sites for hydroxylation is 3. The molecule has 5 nitrogen and oxygen atoms in total. The van der Waals surface area contributed by atoms with Crippen LogP contribution in [0.15, 0.2) is 34.5 Å². The predicted molar refractivity (Wildman–Crippen MR) is 113 cm³/mol. The van der Waals surface area contributed by atoms with Crippen molar-refractivity contribution in [2.24, 2.45) is 0 Å². The van der Waals surface area contributed by atoms with E-state index in [1.807, 2.05) is 26.0 Å². The molecule has 1 aromatic heterocycles. The summed E-state index contributed by atoms with van der Waals surface area (Å²) < 4.78 is 27.7. The number of nitrogens with one attached hydrogen (secondary N) is 2. The Morgan fingerprint density at radius 3 is 2.43 bits per heavy atom. The number of thiophene rings is 1. The Morgan fingerprint density at radius 2 is 1.79 bits per heavy atom. The molecule has 0 saturated heterocycles. The van der Waals surface area contributed by atoms with E-state index >= 15 is 0 Å². The minimum absolute atomic E-state index is 0.00659. The molecule has 0 atom stereocenters. The van der Waals surface area contributed by atoms with Crippen LogP contribution >= 0.6 is 11.3 Å². The number of carbonyl (C=O) groups excluding carboxylic acids is 1. The van der Waals surface area contributed by atoms with Crippen molar-refractivity contribution in [3.8, 4) is 0 Å². The molecule has 3 rings (SSSR count). The summed E-state index contributed by atoms with van der Waals surface area (Å²) >= 11 is 1.73. The first-order valence-electron chi connectivity index (χ1n) is 9.62. The van der Waals surface area contributed by atoms with Gasteiger partial charge in [0.05, 0.1) is 11.4 Å². The maximum absolute atomic E-state index is 12.6. The van der Waals surface area contributed by atoms with E-state index in [4.69, 9.17) is 0 Å². The van der Waals surface area contributed by atoms with Gasteiger partial charge in [0, 0.05) is 16.8 Å². The molecule has 28 heavy (non-hydrogen) atoms. The second kappa shape index (κ2) is 8.35. The van der Waals surface area contributed by atoms with Gasteiger partial charge in [-0.15, -0.1) is 11.3 Å². The largest absolute Gasteiger partial charge is 0.354 e. The third kappa shape index (κ3) is 4.47. The third-order valence-corrected chi connectivity index (χ3v) is 8.39. The lowest BCUT2D eigenvalue weighted by molar-refractivity contribution is -0.120. The summed E-state index contributed by atoms with van der Waals surface area (Å²) in [5, 5.41) is 5.02. The molecule has 0 radical (unpaired) electrons. The van der Waals surface area contributed by atoms with Crippen molar-refractivity contribution in [3.63, 3.8) is 0 Å². The molecule has 1 amide bonds. The molecular formula is C21H28N2O3S2. The summed E-state index contributed by atoms with van der Waals surface area (Å²) in [6.45, 7) is 5.90. The molecule has 2 N–H and O–H groups in total. The fraction of sp³-hybridized carbons (Fsp3) is 0.476. The van der Waals surface area contributed by atoms with Crippen LogP contribution in [0.3, 0.4) is 0 Å². The van der Waals surface area contributed by atoms with Gasteiger partial charge in [0.15, 0.2) is 0 Å². The van der Waals surface area contributed by atoms with Crippen molar-refractivity contribution in [1.82, 2.24) is 10.0 Å². The van der Waals surface area contributed by atoms with Crippen LogP contribution in [0.25, 0.3) is 0 Å². The summed E-state index contributed by atoms with van der Waals surface area (Å²) in [7, 11) is -3.73. The van der Waals surface area contributed by atoms with Crippen molar-refractivity contribution in [1.29, 1.82) is 0 Å². The molecule has 0 spiro atoms. The SMILES string of the molecule is Cc1cc(C)c(S(=O)(=O)NCC(=O)NCC2(c3cccs3)CCCC2)cc1C. The van der Waals surface area contributed by atoms with Gasteiger partial charge in [-0.3, -0.25) is 4.79 Å². The highest BCUT2D eigenvalue weighted by atomic mass is 32.2. The molecule has 1 aromatic carbocycles. The van der Waals surface area contributed by atoms with Gasteiger partial charge in [-0.25, -0.2) is 13.1 Å². The molecular weight excluding hydrogens is 392 g/mol. The van der Waals surface area contributed by atoms with E-state index in [0.29, 0.717) is 12.1 Å². The third-order valence-electron chi connectivity index (χ3n) is 5.73. The van der Waals surface area contributed by atoms with Crippen LogP contribution in [0.1, 0.15) is 47.3 Å². The number of amides is 1. The molecule has 152 valence electrons. The molecule has 1 fully saturated rings. The van der Waals surface area contributed by atoms with E-state index in [-0.39, 0.29) is 22.8 Å². The van der Waals surface area contributed by atoms with Gasteiger partial charge in [-0.1, -0.05) is 25.0 Å². The van der Waals surface area contributed by atoms with Crippen LogP contribution in [-0.2, 0) is 20.2 Å². The lowest BCUT2D eigenvalue weighted by atomic mass is 9.84. The second-order valence-corrected chi connectivity index (χ2v) is 10.5. The number of benzene rings is 1. The Bertz CT molecular complexity index is 944. The summed E-state index contributed by atoms with van der Waals surface area (Å²) in [5.41, 5.74) is 2.63. The van der Waals surface area contributed by atoms with Crippen LogP contribution < -0.4 is 10.0 Å². The molecule has 0 aliphatic heterocycles. The molecule has 1 aliphatic carbocycles. The van der Waals surface area contributed by atoms with Crippen LogP contribution in [0, 0.1) is 20.8 Å². The van der Waals surface area contributed by atoms with Crippen molar-refractivity contribution in [2.75, 3.05) is 13.1 Å². The average Bonchev–Trinajstić information content (AvgIpc) is 3.33. The van der Waals surface area contributed by atoms with Crippen LogP contribution in [0.4, 0.5) is 0 Å². The maximum Gasteiger partial charge on any atom is 0.241 e. The van der Waals surface area contributed by atoms with E-state index < -0.39 is 10.0 Å². The van der Waals surface area contributed by atoms with Gasteiger partial charge < -0.3 is 5.32 Å². The van der Waals surface area contributed by atoms with Crippen LogP contribution in [-0.4, -0.2) is 27.4 Å². The lowest BCUT2D eigenvalue weighted by Gasteiger charge is -2.28. The van der Waals surface area contributed by atoms with E-state index in [1.165, 1.54) is 4.88 Å². The van der Waals surface area contributed by atoms with E-state index in [1.54, 1.807) is 24.3 Å². The zero-order valence-electron chi connectivity index (χ0n) is 16.7. The van der Waals surface area contributed by atoms with Gasteiger partial charge in [-0.05, 0) is 67.8 Å². The first-order chi connectivity index (χ1) is 13.2. The summed E-state index contributed by atoms with van der Waals surface area (Å²) in [6.07, 6.45) is 4.43. The molecule has 1 heterocycles. The number of sulfonamides is 1. The van der Waals surface area contributed by atoms with Gasteiger partial charge in [0.2, 0.25) is 15.9 Å². The van der Waals surface area contributed by atoms with Crippen LogP contribution in [0.5, 0.6) is 0 Å². The lowest BCUT2D eigenvalue weighted by Crippen LogP contribution is -2.43. The Labute approximate surface area is 171 Å². The standard InChI is InChI=1S/C21H28N2O3S2/c1-15-11-17(3)18(12-16(15)2)28(25,26)23-13-20(24)22-14-21(8-4-5-9-21)19-7-6-10-27-19/h6-7,10-12,23H,4-5,8-9,13-14H2,1-3H3,(H,22,24). The maximum atomic E-state index is 12.6. The molecule has 0 bridgehead atoms. The Morgan fingerprint density at radius 1 is 1.11 bits per heavy atom. The minimum Gasteiger partial charge on any atom is -0.354 e. The van der Waals surface area contributed by atoms with Gasteiger partial charge >= 0.3 is 0 Å². The van der Waals surface area contributed by atoms with E-state index in [0.717, 1.165) is 36.8 Å². The Kier molecular flexibility index (Phi) is 6.27. The number of rotatable bonds is 7. The number of carbonyl (C=O) groups is 1. The van der Waals surface area contributed by atoms with Crippen molar-refractivity contribution in [2.45, 2.75) is 56.8 Å². The molecule has 1 aliphatic rings. The monoisotopic (exact) mass is 420 g/mol. The topological polar surface area (TPSA) is 75.3 Å². The normalized spacial score (nSPS) is 16.2. The van der Waals surface area contributed by atoms with Gasteiger partial charge in [0.25, 0.3) is 0 Å². The predicted octanol–water partition coefficient (Wildman–Crippen LogP) is 3.58. The molecule has 1 saturated carbocycles. The first-order valence-corrected chi connectivity index (χ1v) is 12.0. The van der Waals surface area contributed by atoms with E-state index in [9.17, 15) is 13.2 Å². The zero-order chi connectivity index (χ0) is 20.4. The van der Waals surface area contributed by atoms with Crippen molar-refractivity contribution >= 4 is 27.3 Å². The zero-order valence-corrected chi connectivity index (χ0v) is 18.3. The smallest absolute Gasteiger partial charge is 0.241 e. The highest BCUT2D eigenvalue weighted by molar-refractivity contribution is 7.89. The Balaban J connectivity index is 1.62. The summed E-state index contributed by atoms with van der Waals surface area (Å²) in [6, 6.07) is 7.69. The van der Waals surface area contributed by atoms with Crippen LogP contribution in [0.2, 0.25) is 0 Å². The van der Waals surface area contributed by atoms with Crippen molar-refractivity contribution in [3.05, 3.63) is 51.2 Å². The number of hydrogen-bond donors (Lipinski definition) is 2. The fourth-order valence-electron chi connectivity index (χ4n) is 3.93. The second-order valence-electron chi connectivity index (χ2n) is 7.77. The summed E-state index contributed by atoms with van der Waals surface area (Å²) in [4.78, 5) is 13.9. The minimum atomic E-state index is -3.73. The van der Waals surface area contributed by atoms with Gasteiger partial charge in [0.1, 0.15) is 0 Å². The van der Waals surface area contributed by atoms with Gasteiger partial charge in [-0.2, -0.15) is 0 Å². The Hall–Kier alpha value is -1.70. The first kappa shape index (κ1) is 21.0. The van der Waals surface area contributed by atoms with Crippen molar-refractivity contribution < 1.29 is 13.2 Å². The highest BCUT2D eigenvalue weighted by Crippen LogP contribution is 2.42. The quantitative estimate of drug-likeness (QED) is 0.719. The average molecular weight is 421 g/mol. The summed E-state index contributed by atoms with van der Waals surface area (Å²) in [5.74, 6) is -0.298. The molecule has 2 aromatic rings.